The van der Waals surface area contributed by atoms with E-state index in [1.807, 2.05) is 6.92 Å². The van der Waals surface area contributed by atoms with Crippen LogP contribution in [0.25, 0.3) is 0 Å². The van der Waals surface area contributed by atoms with Crippen LogP contribution in [0.2, 0.25) is 10.0 Å². The summed E-state index contributed by atoms with van der Waals surface area (Å²) in [5.74, 6) is 0.614. The highest BCUT2D eigenvalue weighted by Crippen LogP contribution is 2.31. The maximum Gasteiger partial charge on any atom is 0.339 e. The van der Waals surface area contributed by atoms with Crippen LogP contribution < -0.4 is 8.92 Å². The van der Waals surface area contributed by atoms with Gasteiger partial charge in [-0.25, -0.2) is 0 Å². The van der Waals surface area contributed by atoms with Crippen LogP contribution in [0.15, 0.2) is 41.3 Å². The largest absolute Gasteiger partial charge is 0.494 e. The van der Waals surface area contributed by atoms with Gasteiger partial charge in [-0.1, -0.05) is 23.2 Å². The highest BCUT2D eigenvalue weighted by molar-refractivity contribution is 7.87. The smallest absolute Gasteiger partial charge is 0.339 e. The van der Waals surface area contributed by atoms with E-state index in [0.29, 0.717) is 22.9 Å². The first kappa shape index (κ1) is 16.9. The van der Waals surface area contributed by atoms with Gasteiger partial charge in [0.1, 0.15) is 10.6 Å². The minimum absolute atomic E-state index is 0.0132. The van der Waals surface area contributed by atoms with Gasteiger partial charge in [0.05, 0.1) is 11.6 Å². The molecule has 0 aliphatic carbocycles. The first-order valence-electron chi connectivity index (χ1n) is 6.46. The lowest BCUT2D eigenvalue weighted by Gasteiger charge is -2.11. The van der Waals surface area contributed by atoms with E-state index in [-0.39, 0.29) is 15.7 Å². The Bertz CT molecular complexity index is 788. The van der Waals surface area contributed by atoms with Gasteiger partial charge in [0.25, 0.3) is 0 Å². The number of hydrogen-bond acceptors (Lipinski definition) is 4. The predicted molar refractivity (Wildman–Crippen MR) is 86.6 cm³/mol. The fraction of sp³-hybridized carbons (Fsp3) is 0.200. The maximum absolute atomic E-state index is 12.3. The lowest BCUT2D eigenvalue weighted by Crippen LogP contribution is -2.10. The Kier molecular flexibility index (Phi) is 5.21. The molecule has 2 rings (SSSR count). The third kappa shape index (κ3) is 3.85. The number of halogens is 2. The SMILES string of the molecule is CCOc1ccc(S(=O)(=O)Oc2cc(Cl)ccc2Cl)cc1C. The fourth-order valence-electron chi connectivity index (χ4n) is 1.80. The monoisotopic (exact) mass is 360 g/mol. The van der Waals surface area contributed by atoms with E-state index in [2.05, 4.69) is 0 Å². The Morgan fingerprint density at radius 2 is 1.77 bits per heavy atom. The second-order valence-electron chi connectivity index (χ2n) is 4.47. The molecule has 22 heavy (non-hydrogen) atoms. The third-order valence-electron chi connectivity index (χ3n) is 2.83. The predicted octanol–water partition coefficient (Wildman–Crippen LogP) is 4.47. The maximum atomic E-state index is 12.3. The summed E-state index contributed by atoms with van der Waals surface area (Å²) in [6.07, 6.45) is 0. The van der Waals surface area contributed by atoms with Gasteiger partial charge in [-0.2, -0.15) is 8.42 Å². The van der Waals surface area contributed by atoms with Crippen molar-refractivity contribution >= 4 is 33.3 Å². The Labute approximate surface area is 139 Å². The molecule has 0 spiro atoms. The van der Waals surface area contributed by atoms with Crippen molar-refractivity contribution in [2.45, 2.75) is 18.7 Å². The van der Waals surface area contributed by atoms with Gasteiger partial charge >= 0.3 is 10.1 Å². The lowest BCUT2D eigenvalue weighted by molar-refractivity contribution is 0.337. The van der Waals surface area contributed by atoms with Crippen LogP contribution in [0, 0.1) is 6.92 Å². The number of aryl methyl sites for hydroxylation is 1. The molecular weight excluding hydrogens is 347 g/mol. The van der Waals surface area contributed by atoms with Crippen molar-refractivity contribution in [3.8, 4) is 11.5 Å². The molecule has 0 aromatic heterocycles. The van der Waals surface area contributed by atoms with Crippen LogP contribution in [0.5, 0.6) is 11.5 Å². The molecule has 2 aromatic carbocycles. The molecule has 0 bridgehead atoms. The van der Waals surface area contributed by atoms with Crippen LogP contribution in [0.1, 0.15) is 12.5 Å². The van der Waals surface area contributed by atoms with Crippen molar-refractivity contribution in [3.05, 3.63) is 52.0 Å². The molecule has 4 nitrogen and oxygen atoms in total. The standard InChI is InChI=1S/C15H14Cl2O4S/c1-3-20-14-7-5-12(8-10(14)2)22(18,19)21-15-9-11(16)4-6-13(15)17/h4-9H,3H2,1-2H3. The number of benzene rings is 2. The molecule has 118 valence electrons. The molecule has 0 N–H and O–H groups in total. The van der Waals surface area contributed by atoms with Gasteiger partial charge < -0.3 is 8.92 Å². The van der Waals surface area contributed by atoms with Crippen molar-refractivity contribution in [2.24, 2.45) is 0 Å². The quantitative estimate of drug-likeness (QED) is 0.738. The Morgan fingerprint density at radius 3 is 2.41 bits per heavy atom. The van der Waals surface area contributed by atoms with Crippen molar-refractivity contribution in [1.82, 2.24) is 0 Å². The van der Waals surface area contributed by atoms with Crippen LogP contribution in [0.3, 0.4) is 0 Å². The third-order valence-corrected chi connectivity index (χ3v) is 4.61. The van der Waals surface area contributed by atoms with Gasteiger partial charge in [0, 0.05) is 11.1 Å². The summed E-state index contributed by atoms with van der Waals surface area (Å²) < 4.78 is 35.1. The van der Waals surface area contributed by atoms with Crippen molar-refractivity contribution in [1.29, 1.82) is 0 Å². The summed E-state index contributed by atoms with van der Waals surface area (Å²) in [6.45, 7) is 4.12. The topological polar surface area (TPSA) is 52.6 Å². The molecule has 0 amide bonds. The van der Waals surface area contributed by atoms with E-state index in [1.54, 1.807) is 19.1 Å². The number of ether oxygens (including phenoxy) is 1. The van der Waals surface area contributed by atoms with Crippen LogP contribution in [-0.4, -0.2) is 15.0 Å². The molecule has 0 radical (unpaired) electrons. The molecule has 0 aliphatic heterocycles. The minimum atomic E-state index is -4.01. The second-order valence-corrected chi connectivity index (χ2v) is 6.86. The average Bonchev–Trinajstić information content (AvgIpc) is 2.45. The van der Waals surface area contributed by atoms with E-state index in [9.17, 15) is 8.42 Å². The van der Waals surface area contributed by atoms with Gasteiger partial charge in [-0.05, 0) is 49.7 Å². The van der Waals surface area contributed by atoms with Gasteiger partial charge in [0.15, 0.2) is 5.75 Å². The summed E-state index contributed by atoms with van der Waals surface area (Å²) >= 11 is 11.7. The molecule has 0 aliphatic rings. The van der Waals surface area contributed by atoms with Gasteiger partial charge in [-0.15, -0.1) is 0 Å². The zero-order valence-electron chi connectivity index (χ0n) is 12.0. The van der Waals surface area contributed by atoms with E-state index < -0.39 is 10.1 Å². The Balaban J connectivity index is 2.34. The average molecular weight is 361 g/mol. The summed E-state index contributed by atoms with van der Waals surface area (Å²) in [7, 11) is -4.01. The zero-order chi connectivity index (χ0) is 16.3. The van der Waals surface area contributed by atoms with Crippen molar-refractivity contribution in [3.63, 3.8) is 0 Å². The normalized spacial score (nSPS) is 11.3. The molecule has 0 atom stereocenters. The number of hydrogen-bond donors (Lipinski definition) is 0. The lowest BCUT2D eigenvalue weighted by atomic mass is 10.2. The highest BCUT2D eigenvalue weighted by Gasteiger charge is 2.19. The zero-order valence-corrected chi connectivity index (χ0v) is 14.3. The number of rotatable bonds is 5. The van der Waals surface area contributed by atoms with E-state index in [1.165, 1.54) is 24.3 Å². The highest BCUT2D eigenvalue weighted by atomic mass is 35.5. The molecule has 0 heterocycles. The molecular formula is C15H14Cl2O4S. The Hall–Kier alpha value is -1.43. The van der Waals surface area contributed by atoms with Crippen LogP contribution in [0.4, 0.5) is 0 Å². The molecule has 0 saturated heterocycles. The first-order valence-corrected chi connectivity index (χ1v) is 8.63. The van der Waals surface area contributed by atoms with E-state index >= 15 is 0 Å². The molecule has 0 saturated carbocycles. The van der Waals surface area contributed by atoms with E-state index in [0.717, 1.165) is 0 Å². The molecule has 0 unspecified atom stereocenters. The molecule has 0 fully saturated rings. The van der Waals surface area contributed by atoms with Crippen molar-refractivity contribution in [2.75, 3.05) is 6.61 Å². The van der Waals surface area contributed by atoms with Crippen LogP contribution in [-0.2, 0) is 10.1 Å². The molecule has 2 aromatic rings. The summed E-state index contributed by atoms with van der Waals surface area (Å²) in [4.78, 5) is 0.0181. The van der Waals surface area contributed by atoms with Gasteiger partial charge in [-0.3, -0.25) is 0 Å². The van der Waals surface area contributed by atoms with Crippen molar-refractivity contribution < 1.29 is 17.3 Å². The minimum Gasteiger partial charge on any atom is -0.494 e. The van der Waals surface area contributed by atoms with E-state index in [4.69, 9.17) is 32.1 Å². The summed E-state index contributed by atoms with van der Waals surface area (Å²) in [6, 6.07) is 8.87. The summed E-state index contributed by atoms with van der Waals surface area (Å²) in [5.41, 5.74) is 0.698. The first-order chi connectivity index (χ1) is 10.3. The van der Waals surface area contributed by atoms with Crippen LogP contribution >= 0.6 is 23.2 Å². The summed E-state index contributed by atoms with van der Waals surface area (Å²) in [5, 5.41) is 0.494. The molecule has 7 heteroatoms. The Morgan fingerprint density at radius 1 is 1.05 bits per heavy atom. The van der Waals surface area contributed by atoms with Gasteiger partial charge in [0.2, 0.25) is 0 Å². The second kappa shape index (κ2) is 6.77. The fourth-order valence-corrected chi connectivity index (χ4v) is 3.19.